The number of ether oxygens (including phenoxy) is 1. The summed E-state index contributed by atoms with van der Waals surface area (Å²) in [6.07, 6.45) is 0.857. The Morgan fingerprint density at radius 1 is 1.18 bits per heavy atom. The summed E-state index contributed by atoms with van der Waals surface area (Å²) in [5, 5.41) is 7.66. The molecule has 0 bridgehead atoms. The van der Waals surface area contributed by atoms with E-state index < -0.39 is 0 Å². The van der Waals surface area contributed by atoms with E-state index >= 15 is 0 Å². The number of rotatable bonds is 6. The average molecular weight is 497 g/mol. The predicted octanol–water partition coefficient (Wildman–Crippen LogP) is 4.47. The Balaban J connectivity index is 1.35. The van der Waals surface area contributed by atoms with E-state index in [1.165, 1.54) is 11.3 Å². The molecule has 4 heterocycles. The topological polar surface area (TPSA) is 74.8 Å². The molecule has 2 saturated heterocycles. The average Bonchev–Trinajstić information content (AvgIpc) is 3.53. The van der Waals surface area contributed by atoms with Crippen LogP contribution < -0.4 is 10.2 Å². The summed E-state index contributed by atoms with van der Waals surface area (Å²) < 4.78 is 5.41. The van der Waals surface area contributed by atoms with Crippen molar-refractivity contribution in [2.24, 2.45) is 5.92 Å². The van der Waals surface area contributed by atoms with Gasteiger partial charge in [-0.2, -0.15) is 0 Å². The van der Waals surface area contributed by atoms with Crippen molar-refractivity contribution in [1.82, 2.24) is 9.88 Å². The molecule has 0 unspecified atom stereocenters. The van der Waals surface area contributed by atoms with Gasteiger partial charge in [0, 0.05) is 42.0 Å². The fraction of sp³-hybridized carbons (Fsp3) is 0.400. The molecule has 2 amide bonds. The van der Waals surface area contributed by atoms with Crippen LogP contribution in [0, 0.1) is 12.8 Å². The van der Waals surface area contributed by atoms with Crippen LogP contribution in [0.3, 0.4) is 0 Å². The number of piperidine rings is 1. The smallest absolute Gasteiger partial charge is 0.231 e. The van der Waals surface area contributed by atoms with E-state index in [0.29, 0.717) is 18.0 Å². The zero-order valence-corrected chi connectivity index (χ0v) is 20.7. The van der Waals surface area contributed by atoms with Crippen LogP contribution in [-0.2, 0) is 20.9 Å². The summed E-state index contributed by atoms with van der Waals surface area (Å²) in [7, 11) is 0. The third-order valence-electron chi connectivity index (χ3n) is 6.35. The van der Waals surface area contributed by atoms with Crippen LogP contribution in [0.5, 0.6) is 0 Å². The first-order valence-corrected chi connectivity index (χ1v) is 13.3. The number of anilines is 2. The van der Waals surface area contributed by atoms with E-state index in [-0.39, 0.29) is 23.8 Å². The number of carbonyl (C=O) groups excluding carboxylic acids is 2. The molecule has 7 nitrogen and oxygen atoms in total. The van der Waals surface area contributed by atoms with Crippen LogP contribution in [0.2, 0.25) is 0 Å². The number of aryl methyl sites for hydroxylation is 1. The van der Waals surface area contributed by atoms with Crippen LogP contribution in [0.15, 0.2) is 47.2 Å². The lowest BCUT2D eigenvalue weighted by Gasteiger charge is -2.40. The summed E-state index contributed by atoms with van der Waals surface area (Å²) in [5.74, 6) is -0.395. The van der Waals surface area contributed by atoms with Crippen molar-refractivity contribution < 1.29 is 14.3 Å². The van der Waals surface area contributed by atoms with Gasteiger partial charge in [0.15, 0.2) is 5.13 Å². The van der Waals surface area contributed by atoms with Crippen molar-refractivity contribution in [2.75, 3.05) is 36.5 Å². The maximum atomic E-state index is 13.5. The lowest BCUT2D eigenvalue weighted by atomic mass is 9.86. The van der Waals surface area contributed by atoms with Crippen molar-refractivity contribution in [3.63, 3.8) is 0 Å². The molecule has 0 radical (unpaired) electrons. The summed E-state index contributed by atoms with van der Waals surface area (Å²) >= 11 is 3.03. The fourth-order valence-corrected chi connectivity index (χ4v) is 6.17. The number of nitrogens with one attached hydrogen (secondary N) is 1. The number of amides is 2. The minimum Gasteiger partial charge on any atom is -0.379 e. The molecule has 5 rings (SSSR count). The highest BCUT2D eigenvalue weighted by Gasteiger charge is 2.42. The highest BCUT2D eigenvalue weighted by molar-refractivity contribution is 7.14. The number of thiophene rings is 1. The fourth-order valence-electron chi connectivity index (χ4n) is 4.59. The Bertz CT molecular complexity index is 1120. The highest BCUT2D eigenvalue weighted by Crippen LogP contribution is 2.42. The van der Waals surface area contributed by atoms with Gasteiger partial charge in [-0.1, -0.05) is 23.8 Å². The SMILES string of the molecule is Cc1ccc(N2C(=O)CC[C@H](C(=O)Nc3nc(CN4CCOCC4)cs3)[C@@H]2c2cccs2)cc1. The number of carbonyl (C=O) groups is 2. The largest absolute Gasteiger partial charge is 0.379 e. The predicted molar refractivity (Wildman–Crippen MR) is 135 cm³/mol. The summed E-state index contributed by atoms with van der Waals surface area (Å²) in [4.78, 5) is 36.4. The zero-order chi connectivity index (χ0) is 23.5. The Labute approximate surface area is 207 Å². The van der Waals surface area contributed by atoms with E-state index in [1.807, 2.05) is 59.0 Å². The lowest BCUT2D eigenvalue weighted by molar-refractivity contribution is -0.125. The number of morpholine rings is 1. The van der Waals surface area contributed by atoms with Crippen molar-refractivity contribution >= 4 is 45.3 Å². The van der Waals surface area contributed by atoms with Crippen LogP contribution >= 0.6 is 22.7 Å². The van der Waals surface area contributed by atoms with E-state index in [1.54, 1.807) is 11.3 Å². The summed E-state index contributed by atoms with van der Waals surface area (Å²) in [5.41, 5.74) is 2.91. The number of nitrogens with zero attached hydrogens (tertiary/aromatic N) is 3. The van der Waals surface area contributed by atoms with Gasteiger partial charge in [-0.3, -0.25) is 14.5 Å². The molecular weight excluding hydrogens is 468 g/mol. The third kappa shape index (κ3) is 5.07. The van der Waals surface area contributed by atoms with E-state index in [9.17, 15) is 9.59 Å². The maximum absolute atomic E-state index is 13.5. The molecule has 1 N–H and O–H groups in total. The van der Waals surface area contributed by atoms with E-state index in [0.717, 1.165) is 54.7 Å². The van der Waals surface area contributed by atoms with Gasteiger partial charge >= 0.3 is 0 Å². The second-order valence-electron chi connectivity index (χ2n) is 8.73. The zero-order valence-electron chi connectivity index (χ0n) is 19.1. The first-order chi connectivity index (χ1) is 16.6. The van der Waals surface area contributed by atoms with Crippen molar-refractivity contribution in [1.29, 1.82) is 0 Å². The number of benzene rings is 1. The molecule has 2 fully saturated rings. The van der Waals surface area contributed by atoms with Crippen LogP contribution in [-0.4, -0.2) is 48.0 Å². The second kappa shape index (κ2) is 10.4. The van der Waals surface area contributed by atoms with Crippen molar-refractivity contribution in [2.45, 2.75) is 32.4 Å². The lowest BCUT2D eigenvalue weighted by Crippen LogP contribution is -2.46. The van der Waals surface area contributed by atoms with Crippen molar-refractivity contribution in [3.05, 3.63) is 63.3 Å². The number of hydrogen-bond donors (Lipinski definition) is 1. The molecule has 3 aromatic rings. The van der Waals surface area contributed by atoms with Gasteiger partial charge in [0.25, 0.3) is 0 Å². The quantitative estimate of drug-likeness (QED) is 0.545. The molecule has 0 aliphatic carbocycles. The standard InChI is InChI=1S/C25H28N4O3S2/c1-17-4-6-19(7-5-17)29-22(30)9-8-20(23(29)21-3-2-14-33-21)24(31)27-25-26-18(16-34-25)15-28-10-12-32-13-11-28/h2-7,14,16,20,23H,8-13,15H2,1H3,(H,26,27,31)/t20-,23+/m0/s1. The van der Waals surface area contributed by atoms with Gasteiger partial charge in [-0.05, 0) is 36.9 Å². The minimum atomic E-state index is -0.357. The second-order valence-corrected chi connectivity index (χ2v) is 10.6. The number of aromatic nitrogens is 1. The van der Waals surface area contributed by atoms with Crippen LogP contribution in [0.25, 0.3) is 0 Å². The molecule has 2 aliphatic rings. The number of thiazole rings is 1. The first kappa shape index (κ1) is 23.2. The normalized spacial score (nSPS) is 21.6. The molecule has 178 valence electrons. The monoisotopic (exact) mass is 496 g/mol. The molecule has 9 heteroatoms. The summed E-state index contributed by atoms with van der Waals surface area (Å²) in [6, 6.07) is 11.6. The molecule has 2 atom stereocenters. The molecule has 2 aliphatic heterocycles. The molecular formula is C25H28N4O3S2. The molecule has 0 saturated carbocycles. The Kier molecular flexibility index (Phi) is 7.05. The summed E-state index contributed by atoms with van der Waals surface area (Å²) in [6.45, 7) is 6.06. The number of hydrogen-bond acceptors (Lipinski definition) is 7. The highest BCUT2D eigenvalue weighted by atomic mass is 32.1. The Hall–Kier alpha value is -2.59. The van der Waals surface area contributed by atoms with E-state index in [4.69, 9.17) is 4.74 Å². The van der Waals surface area contributed by atoms with Gasteiger partial charge in [0.2, 0.25) is 11.8 Å². The Morgan fingerprint density at radius 3 is 2.71 bits per heavy atom. The van der Waals surface area contributed by atoms with Gasteiger partial charge in [0.05, 0.1) is 30.9 Å². The molecule has 34 heavy (non-hydrogen) atoms. The van der Waals surface area contributed by atoms with Gasteiger partial charge in [-0.15, -0.1) is 22.7 Å². The molecule has 0 spiro atoms. The minimum absolute atomic E-state index is 0.0494. The van der Waals surface area contributed by atoms with Gasteiger partial charge in [-0.25, -0.2) is 4.98 Å². The third-order valence-corrected chi connectivity index (χ3v) is 8.10. The van der Waals surface area contributed by atoms with Gasteiger partial charge < -0.3 is 15.0 Å². The molecule has 1 aromatic carbocycles. The van der Waals surface area contributed by atoms with Crippen LogP contribution in [0.1, 0.15) is 35.0 Å². The van der Waals surface area contributed by atoms with Crippen LogP contribution in [0.4, 0.5) is 10.8 Å². The Morgan fingerprint density at radius 2 is 1.97 bits per heavy atom. The maximum Gasteiger partial charge on any atom is 0.231 e. The van der Waals surface area contributed by atoms with E-state index in [2.05, 4.69) is 15.2 Å². The van der Waals surface area contributed by atoms with Gasteiger partial charge in [0.1, 0.15) is 0 Å². The molecule has 2 aromatic heterocycles. The first-order valence-electron chi connectivity index (χ1n) is 11.6. The van der Waals surface area contributed by atoms with Crippen molar-refractivity contribution in [3.8, 4) is 0 Å².